The molecular weight excluding hydrogens is 418 g/mol. The van der Waals surface area contributed by atoms with Crippen LogP contribution < -0.4 is 14.4 Å². The van der Waals surface area contributed by atoms with E-state index in [9.17, 15) is 14.7 Å². The van der Waals surface area contributed by atoms with Crippen molar-refractivity contribution < 1.29 is 24.2 Å². The SMILES string of the molecule is CCCOc1cccc(N2C(=O)C(=O)/C(=C(/O)c3ccc(OC)cc3)C2c2ccccc2)c1. The van der Waals surface area contributed by atoms with Crippen LogP contribution in [0.15, 0.2) is 84.4 Å². The molecule has 1 unspecified atom stereocenters. The Labute approximate surface area is 192 Å². The standard InChI is InChI=1S/C27H25NO5/c1-3-16-33-22-11-7-10-20(17-22)28-24(18-8-5-4-6-9-18)23(26(30)27(28)31)25(29)19-12-14-21(32-2)15-13-19/h4-15,17,24,29H,3,16H2,1-2H3/b25-23+. The first-order chi connectivity index (χ1) is 16.0. The molecule has 0 bridgehead atoms. The minimum absolute atomic E-state index is 0.0382. The second kappa shape index (κ2) is 9.61. The number of carbonyl (C=O) groups is 2. The minimum Gasteiger partial charge on any atom is -0.507 e. The van der Waals surface area contributed by atoms with Crippen LogP contribution in [0.5, 0.6) is 11.5 Å². The fourth-order valence-corrected chi connectivity index (χ4v) is 3.90. The molecule has 3 aromatic carbocycles. The molecule has 33 heavy (non-hydrogen) atoms. The van der Waals surface area contributed by atoms with Crippen molar-refractivity contribution in [2.24, 2.45) is 0 Å². The molecule has 1 aliphatic rings. The zero-order valence-corrected chi connectivity index (χ0v) is 18.5. The summed E-state index contributed by atoms with van der Waals surface area (Å²) < 4.78 is 10.9. The Kier molecular flexibility index (Phi) is 6.45. The van der Waals surface area contributed by atoms with Crippen LogP contribution in [-0.4, -0.2) is 30.5 Å². The van der Waals surface area contributed by atoms with E-state index in [0.29, 0.717) is 34.9 Å². The maximum absolute atomic E-state index is 13.2. The average Bonchev–Trinajstić information content (AvgIpc) is 3.13. The van der Waals surface area contributed by atoms with Gasteiger partial charge in [0.25, 0.3) is 11.7 Å². The smallest absolute Gasteiger partial charge is 0.300 e. The van der Waals surface area contributed by atoms with E-state index < -0.39 is 17.7 Å². The molecule has 0 spiro atoms. The number of carbonyl (C=O) groups excluding carboxylic acids is 2. The fraction of sp³-hybridized carbons (Fsp3) is 0.185. The first kappa shape index (κ1) is 22.1. The fourth-order valence-electron chi connectivity index (χ4n) is 3.90. The van der Waals surface area contributed by atoms with Gasteiger partial charge in [0.05, 0.1) is 25.3 Å². The number of ether oxygens (including phenoxy) is 2. The van der Waals surface area contributed by atoms with Crippen LogP contribution >= 0.6 is 0 Å². The number of anilines is 1. The van der Waals surface area contributed by atoms with Crippen LogP contribution in [-0.2, 0) is 9.59 Å². The lowest BCUT2D eigenvalue weighted by Gasteiger charge is -2.25. The molecule has 0 radical (unpaired) electrons. The molecule has 1 N–H and O–H groups in total. The van der Waals surface area contributed by atoms with Gasteiger partial charge in [-0.25, -0.2) is 0 Å². The predicted molar refractivity (Wildman–Crippen MR) is 126 cm³/mol. The molecule has 1 atom stereocenters. The number of hydrogen-bond acceptors (Lipinski definition) is 5. The van der Waals surface area contributed by atoms with Crippen molar-refractivity contribution in [3.05, 3.63) is 95.6 Å². The Bertz CT molecular complexity index is 1180. The van der Waals surface area contributed by atoms with Gasteiger partial charge in [0, 0.05) is 17.3 Å². The summed E-state index contributed by atoms with van der Waals surface area (Å²) in [5.41, 5.74) is 1.70. The number of benzene rings is 3. The van der Waals surface area contributed by atoms with Gasteiger partial charge in [-0.05, 0) is 48.4 Å². The van der Waals surface area contributed by atoms with Crippen LogP contribution in [0, 0.1) is 0 Å². The molecule has 0 aromatic heterocycles. The quantitative estimate of drug-likeness (QED) is 0.312. The van der Waals surface area contributed by atoms with Crippen molar-refractivity contribution in [1.82, 2.24) is 0 Å². The van der Waals surface area contributed by atoms with Crippen LogP contribution in [0.25, 0.3) is 5.76 Å². The highest BCUT2D eigenvalue weighted by Crippen LogP contribution is 2.42. The Balaban J connectivity index is 1.86. The van der Waals surface area contributed by atoms with E-state index >= 15 is 0 Å². The van der Waals surface area contributed by atoms with Gasteiger partial charge < -0.3 is 14.6 Å². The van der Waals surface area contributed by atoms with E-state index in [0.717, 1.165) is 6.42 Å². The number of rotatable bonds is 7. The summed E-state index contributed by atoms with van der Waals surface area (Å²) in [6.07, 6.45) is 0.848. The average molecular weight is 443 g/mol. The summed E-state index contributed by atoms with van der Waals surface area (Å²) in [5.74, 6) is -0.442. The van der Waals surface area contributed by atoms with E-state index in [-0.39, 0.29) is 11.3 Å². The topological polar surface area (TPSA) is 76.1 Å². The molecule has 3 aromatic rings. The molecule has 1 saturated heterocycles. The molecule has 0 aliphatic carbocycles. The molecule has 0 saturated carbocycles. The first-order valence-electron chi connectivity index (χ1n) is 10.8. The van der Waals surface area contributed by atoms with E-state index in [1.165, 1.54) is 4.90 Å². The van der Waals surface area contributed by atoms with E-state index in [1.54, 1.807) is 49.6 Å². The van der Waals surface area contributed by atoms with Gasteiger partial charge in [-0.3, -0.25) is 14.5 Å². The van der Waals surface area contributed by atoms with Crippen molar-refractivity contribution in [2.75, 3.05) is 18.6 Å². The molecule has 6 nitrogen and oxygen atoms in total. The lowest BCUT2D eigenvalue weighted by Crippen LogP contribution is -2.29. The largest absolute Gasteiger partial charge is 0.507 e. The van der Waals surface area contributed by atoms with Crippen molar-refractivity contribution in [3.8, 4) is 11.5 Å². The molecule has 1 aliphatic heterocycles. The Morgan fingerprint density at radius 3 is 2.33 bits per heavy atom. The monoisotopic (exact) mass is 443 g/mol. The molecule has 1 amide bonds. The summed E-state index contributed by atoms with van der Waals surface area (Å²) in [6, 6.07) is 22.2. The summed E-state index contributed by atoms with van der Waals surface area (Å²) in [6.45, 7) is 2.55. The highest BCUT2D eigenvalue weighted by atomic mass is 16.5. The van der Waals surface area contributed by atoms with E-state index in [2.05, 4.69) is 0 Å². The van der Waals surface area contributed by atoms with Gasteiger partial charge in [-0.2, -0.15) is 0 Å². The number of aliphatic hydroxyl groups excluding tert-OH is 1. The predicted octanol–water partition coefficient (Wildman–Crippen LogP) is 5.11. The van der Waals surface area contributed by atoms with Gasteiger partial charge >= 0.3 is 0 Å². The number of aliphatic hydroxyl groups is 1. The number of nitrogens with zero attached hydrogens (tertiary/aromatic N) is 1. The minimum atomic E-state index is -0.783. The second-order valence-electron chi connectivity index (χ2n) is 7.65. The Morgan fingerprint density at radius 1 is 0.939 bits per heavy atom. The summed E-state index contributed by atoms with van der Waals surface area (Å²) >= 11 is 0. The van der Waals surface area contributed by atoms with Crippen LogP contribution in [0.3, 0.4) is 0 Å². The summed E-state index contributed by atoms with van der Waals surface area (Å²) in [7, 11) is 1.55. The summed E-state index contributed by atoms with van der Waals surface area (Å²) in [5, 5.41) is 11.2. The molecular formula is C27H25NO5. The van der Waals surface area contributed by atoms with Gasteiger partial charge in [0.1, 0.15) is 17.3 Å². The zero-order chi connectivity index (χ0) is 23.4. The normalized spacial score (nSPS) is 17.3. The lowest BCUT2D eigenvalue weighted by molar-refractivity contribution is -0.132. The highest BCUT2D eigenvalue weighted by Gasteiger charge is 2.47. The van der Waals surface area contributed by atoms with Gasteiger partial charge in [-0.1, -0.05) is 43.3 Å². The lowest BCUT2D eigenvalue weighted by atomic mass is 9.95. The number of ketones is 1. The third-order valence-electron chi connectivity index (χ3n) is 5.49. The molecule has 6 heteroatoms. The molecule has 168 valence electrons. The molecule has 1 heterocycles. The number of hydrogen-bond donors (Lipinski definition) is 1. The zero-order valence-electron chi connectivity index (χ0n) is 18.5. The third-order valence-corrected chi connectivity index (χ3v) is 5.49. The van der Waals surface area contributed by atoms with Crippen molar-refractivity contribution in [2.45, 2.75) is 19.4 Å². The summed E-state index contributed by atoms with van der Waals surface area (Å²) in [4.78, 5) is 27.9. The number of amides is 1. The van der Waals surface area contributed by atoms with E-state index in [1.807, 2.05) is 43.3 Å². The van der Waals surface area contributed by atoms with Crippen LogP contribution in [0.2, 0.25) is 0 Å². The van der Waals surface area contributed by atoms with E-state index in [4.69, 9.17) is 9.47 Å². The Hall–Kier alpha value is -4.06. The Morgan fingerprint density at radius 2 is 1.67 bits per heavy atom. The maximum atomic E-state index is 13.2. The number of methoxy groups -OCH3 is 1. The maximum Gasteiger partial charge on any atom is 0.300 e. The van der Waals surface area contributed by atoms with Gasteiger partial charge in [0.15, 0.2) is 0 Å². The van der Waals surface area contributed by atoms with Gasteiger partial charge in [-0.15, -0.1) is 0 Å². The van der Waals surface area contributed by atoms with Gasteiger partial charge in [0.2, 0.25) is 0 Å². The second-order valence-corrected chi connectivity index (χ2v) is 7.65. The molecule has 1 fully saturated rings. The molecule has 4 rings (SSSR count). The van der Waals surface area contributed by atoms with Crippen molar-refractivity contribution in [3.63, 3.8) is 0 Å². The first-order valence-corrected chi connectivity index (χ1v) is 10.8. The van der Waals surface area contributed by atoms with Crippen molar-refractivity contribution in [1.29, 1.82) is 0 Å². The van der Waals surface area contributed by atoms with Crippen LogP contribution in [0.1, 0.15) is 30.5 Å². The number of Topliss-reactive ketones (excluding diaryl/α,β-unsaturated/α-hetero) is 1. The van der Waals surface area contributed by atoms with Crippen molar-refractivity contribution >= 4 is 23.1 Å². The third kappa shape index (κ3) is 4.32. The van der Waals surface area contributed by atoms with Crippen LogP contribution in [0.4, 0.5) is 5.69 Å². The highest BCUT2D eigenvalue weighted by molar-refractivity contribution is 6.51.